The van der Waals surface area contributed by atoms with Gasteiger partial charge in [0.2, 0.25) is 5.91 Å². The topological polar surface area (TPSA) is 49.4 Å². The lowest BCUT2D eigenvalue weighted by atomic mass is 10.1. The van der Waals surface area contributed by atoms with Gasteiger partial charge in [-0.05, 0) is 57.7 Å². The van der Waals surface area contributed by atoms with Gasteiger partial charge in [-0.3, -0.25) is 9.59 Å². The number of hydrogen-bond donors (Lipinski definition) is 1. The van der Waals surface area contributed by atoms with Crippen LogP contribution in [0.2, 0.25) is 0 Å². The number of nitrogens with zero attached hydrogens (tertiary/aromatic N) is 1. The molecule has 2 aliphatic carbocycles. The number of hydrogen-bond acceptors (Lipinski definition) is 2. The van der Waals surface area contributed by atoms with Crippen LogP contribution in [-0.2, 0) is 4.79 Å². The van der Waals surface area contributed by atoms with E-state index in [1.165, 1.54) is 0 Å². The predicted molar refractivity (Wildman–Crippen MR) is 82.1 cm³/mol. The third-order valence-corrected chi connectivity index (χ3v) is 4.06. The summed E-state index contributed by atoms with van der Waals surface area (Å²) < 4.78 is 0. The van der Waals surface area contributed by atoms with Crippen molar-refractivity contribution in [3.8, 4) is 0 Å². The van der Waals surface area contributed by atoms with Crippen molar-refractivity contribution in [2.75, 3.05) is 5.32 Å². The van der Waals surface area contributed by atoms with Gasteiger partial charge in [0.05, 0.1) is 0 Å². The molecule has 0 aliphatic heterocycles. The first-order chi connectivity index (χ1) is 10.1. The lowest BCUT2D eigenvalue weighted by Crippen LogP contribution is -2.38. The van der Waals surface area contributed by atoms with Gasteiger partial charge in [0, 0.05) is 29.3 Å². The number of nitrogens with one attached hydrogen (secondary N) is 1. The highest BCUT2D eigenvalue weighted by molar-refractivity contribution is 5.98. The van der Waals surface area contributed by atoms with E-state index in [2.05, 4.69) is 19.2 Å². The molecule has 0 spiro atoms. The Morgan fingerprint density at radius 2 is 1.90 bits per heavy atom. The highest BCUT2D eigenvalue weighted by Gasteiger charge is 2.35. The first kappa shape index (κ1) is 14.1. The van der Waals surface area contributed by atoms with E-state index in [9.17, 15) is 9.59 Å². The van der Waals surface area contributed by atoms with Gasteiger partial charge < -0.3 is 10.2 Å². The van der Waals surface area contributed by atoms with Crippen molar-refractivity contribution in [1.82, 2.24) is 4.90 Å². The molecule has 21 heavy (non-hydrogen) atoms. The summed E-state index contributed by atoms with van der Waals surface area (Å²) in [5, 5.41) is 2.90. The minimum atomic E-state index is 0.0648. The van der Waals surface area contributed by atoms with Crippen LogP contribution in [0.1, 0.15) is 49.9 Å². The van der Waals surface area contributed by atoms with Crippen LogP contribution in [0.5, 0.6) is 0 Å². The van der Waals surface area contributed by atoms with E-state index < -0.39 is 0 Å². The molecule has 0 radical (unpaired) electrons. The molecule has 3 rings (SSSR count). The molecule has 2 amide bonds. The smallest absolute Gasteiger partial charge is 0.254 e. The minimum Gasteiger partial charge on any atom is -0.333 e. The maximum absolute atomic E-state index is 12.7. The molecule has 2 fully saturated rings. The second kappa shape index (κ2) is 5.51. The van der Waals surface area contributed by atoms with Gasteiger partial charge in [-0.25, -0.2) is 0 Å². The number of carbonyl (C=O) groups excluding carboxylic acids is 2. The van der Waals surface area contributed by atoms with E-state index in [1.54, 1.807) is 6.07 Å². The molecule has 1 aromatic carbocycles. The number of benzene rings is 1. The van der Waals surface area contributed by atoms with E-state index in [0.29, 0.717) is 11.6 Å². The summed E-state index contributed by atoms with van der Waals surface area (Å²) in [7, 11) is 0. The van der Waals surface area contributed by atoms with Crippen LogP contribution in [0, 0.1) is 5.92 Å². The molecular weight excluding hydrogens is 264 g/mol. The molecule has 4 heteroatoms. The second-order valence-electron chi connectivity index (χ2n) is 6.38. The molecular formula is C17H22N2O2. The molecule has 0 unspecified atom stereocenters. The summed E-state index contributed by atoms with van der Waals surface area (Å²) in [5.74, 6) is 0.306. The molecule has 4 nitrogen and oxygen atoms in total. The molecule has 2 saturated carbocycles. The summed E-state index contributed by atoms with van der Waals surface area (Å²) in [6.45, 7) is 4.10. The van der Waals surface area contributed by atoms with Crippen molar-refractivity contribution < 1.29 is 9.59 Å². The highest BCUT2D eigenvalue weighted by Crippen LogP contribution is 2.31. The van der Waals surface area contributed by atoms with E-state index in [-0.39, 0.29) is 23.8 Å². The summed E-state index contributed by atoms with van der Waals surface area (Å²) in [6, 6.07) is 7.89. The molecule has 1 N–H and O–H groups in total. The molecule has 112 valence electrons. The zero-order chi connectivity index (χ0) is 15.0. The molecule has 0 atom stereocenters. The maximum atomic E-state index is 12.7. The molecule has 0 bridgehead atoms. The van der Waals surface area contributed by atoms with Gasteiger partial charge in [-0.2, -0.15) is 0 Å². The maximum Gasteiger partial charge on any atom is 0.254 e. The van der Waals surface area contributed by atoms with Gasteiger partial charge in [0.1, 0.15) is 0 Å². The summed E-state index contributed by atoms with van der Waals surface area (Å²) >= 11 is 0. The fourth-order valence-electron chi connectivity index (χ4n) is 2.64. The summed E-state index contributed by atoms with van der Waals surface area (Å²) in [6.07, 6.45) is 4.16. The summed E-state index contributed by atoms with van der Waals surface area (Å²) in [5.41, 5.74) is 1.38. The van der Waals surface area contributed by atoms with Crippen molar-refractivity contribution in [3.05, 3.63) is 29.8 Å². The van der Waals surface area contributed by atoms with E-state index in [1.807, 2.05) is 23.1 Å². The third kappa shape index (κ3) is 3.26. The molecule has 0 heterocycles. The Morgan fingerprint density at radius 3 is 2.48 bits per heavy atom. The van der Waals surface area contributed by atoms with E-state index >= 15 is 0 Å². The molecule has 0 aromatic heterocycles. The first-order valence-electron chi connectivity index (χ1n) is 7.80. The summed E-state index contributed by atoms with van der Waals surface area (Å²) in [4.78, 5) is 26.4. The largest absolute Gasteiger partial charge is 0.333 e. The van der Waals surface area contributed by atoms with Gasteiger partial charge >= 0.3 is 0 Å². The first-order valence-corrected chi connectivity index (χ1v) is 7.80. The average Bonchev–Trinajstić information content (AvgIpc) is 3.31. The highest BCUT2D eigenvalue weighted by atomic mass is 16.2. The van der Waals surface area contributed by atoms with Crippen LogP contribution >= 0.6 is 0 Å². The van der Waals surface area contributed by atoms with Crippen LogP contribution < -0.4 is 5.32 Å². The van der Waals surface area contributed by atoms with Gasteiger partial charge in [0.25, 0.3) is 5.91 Å². The SMILES string of the molecule is CC(C)N(C(=O)c1cccc(NC(=O)C2CC2)c1)C1CC1. The van der Waals surface area contributed by atoms with Crippen molar-refractivity contribution in [1.29, 1.82) is 0 Å². The van der Waals surface area contributed by atoms with Gasteiger partial charge in [-0.1, -0.05) is 6.07 Å². The third-order valence-electron chi connectivity index (χ3n) is 4.06. The Hall–Kier alpha value is -1.84. The monoisotopic (exact) mass is 286 g/mol. The Balaban J connectivity index is 1.74. The lowest BCUT2D eigenvalue weighted by molar-refractivity contribution is -0.117. The Labute approximate surface area is 125 Å². The van der Waals surface area contributed by atoms with Gasteiger partial charge in [0.15, 0.2) is 0 Å². The van der Waals surface area contributed by atoms with Crippen LogP contribution in [-0.4, -0.2) is 28.8 Å². The predicted octanol–water partition coefficient (Wildman–Crippen LogP) is 3.05. The van der Waals surface area contributed by atoms with E-state index in [4.69, 9.17) is 0 Å². The molecule has 2 aliphatic rings. The quantitative estimate of drug-likeness (QED) is 0.904. The van der Waals surface area contributed by atoms with Crippen molar-refractivity contribution in [2.24, 2.45) is 5.92 Å². The second-order valence-corrected chi connectivity index (χ2v) is 6.38. The Morgan fingerprint density at radius 1 is 1.19 bits per heavy atom. The van der Waals surface area contributed by atoms with E-state index in [0.717, 1.165) is 31.4 Å². The number of anilines is 1. The average molecular weight is 286 g/mol. The van der Waals surface area contributed by atoms with Crippen LogP contribution in [0.4, 0.5) is 5.69 Å². The number of carbonyl (C=O) groups is 2. The molecule has 0 saturated heterocycles. The zero-order valence-electron chi connectivity index (χ0n) is 12.6. The number of amides is 2. The van der Waals surface area contributed by atoms with Crippen LogP contribution in [0.3, 0.4) is 0 Å². The zero-order valence-corrected chi connectivity index (χ0v) is 12.6. The fraction of sp³-hybridized carbons (Fsp3) is 0.529. The van der Waals surface area contributed by atoms with Gasteiger partial charge in [-0.15, -0.1) is 0 Å². The van der Waals surface area contributed by atoms with Crippen molar-refractivity contribution in [3.63, 3.8) is 0 Å². The minimum absolute atomic E-state index is 0.0648. The standard InChI is InChI=1S/C17H22N2O2/c1-11(2)19(15-8-9-15)17(21)13-4-3-5-14(10-13)18-16(20)12-6-7-12/h3-5,10-12,15H,6-9H2,1-2H3,(H,18,20). The normalized spacial score (nSPS) is 17.7. The number of rotatable bonds is 5. The van der Waals surface area contributed by atoms with Crippen LogP contribution in [0.15, 0.2) is 24.3 Å². The van der Waals surface area contributed by atoms with Crippen molar-refractivity contribution >= 4 is 17.5 Å². The van der Waals surface area contributed by atoms with Crippen molar-refractivity contribution in [2.45, 2.75) is 51.6 Å². The Kier molecular flexibility index (Phi) is 3.70. The fourth-order valence-corrected chi connectivity index (χ4v) is 2.64. The van der Waals surface area contributed by atoms with Crippen LogP contribution in [0.25, 0.3) is 0 Å². The Bertz CT molecular complexity index is 558. The lowest BCUT2D eigenvalue weighted by Gasteiger charge is -2.27. The molecule has 1 aromatic rings.